The number of carbonyl (C=O) groups is 2. The standard InChI is InChI=1S/C19H22N2O2/c1-13(2)21-19(23)17-9-5-8-16(11-17)18(22)20-12-15-7-4-6-14(3)10-15/h4-11,13H,12H2,1-3H3,(H,20,22)(H,21,23). The van der Waals surface area contributed by atoms with Crippen molar-refractivity contribution in [2.45, 2.75) is 33.4 Å². The van der Waals surface area contributed by atoms with Crippen molar-refractivity contribution in [1.29, 1.82) is 0 Å². The van der Waals surface area contributed by atoms with Crippen LogP contribution in [0.4, 0.5) is 0 Å². The molecule has 0 aliphatic rings. The van der Waals surface area contributed by atoms with Gasteiger partial charge in [-0.25, -0.2) is 0 Å². The Bertz CT molecular complexity index is 708. The van der Waals surface area contributed by atoms with Gasteiger partial charge in [-0.2, -0.15) is 0 Å². The lowest BCUT2D eigenvalue weighted by Crippen LogP contribution is -2.30. The lowest BCUT2D eigenvalue weighted by atomic mass is 10.1. The zero-order chi connectivity index (χ0) is 16.8. The highest BCUT2D eigenvalue weighted by molar-refractivity contribution is 5.99. The summed E-state index contributed by atoms with van der Waals surface area (Å²) in [7, 11) is 0. The first kappa shape index (κ1) is 16.7. The first-order chi connectivity index (χ1) is 11.0. The van der Waals surface area contributed by atoms with Gasteiger partial charge >= 0.3 is 0 Å². The minimum Gasteiger partial charge on any atom is -0.350 e. The van der Waals surface area contributed by atoms with E-state index in [1.54, 1.807) is 24.3 Å². The van der Waals surface area contributed by atoms with E-state index in [2.05, 4.69) is 10.6 Å². The third-order valence-electron chi connectivity index (χ3n) is 3.34. The molecule has 2 aromatic rings. The van der Waals surface area contributed by atoms with Gasteiger partial charge < -0.3 is 10.6 Å². The van der Waals surface area contributed by atoms with Crippen molar-refractivity contribution in [3.63, 3.8) is 0 Å². The molecule has 0 aliphatic heterocycles. The highest BCUT2D eigenvalue weighted by Crippen LogP contribution is 2.07. The molecule has 23 heavy (non-hydrogen) atoms. The molecule has 120 valence electrons. The molecule has 2 aromatic carbocycles. The Balaban J connectivity index is 2.03. The van der Waals surface area contributed by atoms with Crippen LogP contribution in [0.5, 0.6) is 0 Å². The summed E-state index contributed by atoms with van der Waals surface area (Å²) in [5.74, 6) is -0.362. The first-order valence-electron chi connectivity index (χ1n) is 7.70. The summed E-state index contributed by atoms with van der Waals surface area (Å²) in [5.41, 5.74) is 3.17. The maximum Gasteiger partial charge on any atom is 0.251 e. The molecule has 0 aromatic heterocycles. The smallest absolute Gasteiger partial charge is 0.251 e. The molecule has 0 unspecified atom stereocenters. The molecule has 0 aliphatic carbocycles. The minimum absolute atomic E-state index is 0.0568. The van der Waals surface area contributed by atoms with Crippen LogP contribution in [0.3, 0.4) is 0 Å². The van der Waals surface area contributed by atoms with Crippen LogP contribution < -0.4 is 10.6 Å². The maximum absolute atomic E-state index is 12.3. The average molecular weight is 310 g/mol. The van der Waals surface area contributed by atoms with Crippen molar-refractivity contribution in [2.75, 3.05) is 0 Å². The van der Waals surface area contributed by atoms with Gasteiger partial charge in [-0.15, -0.1) is 0 Å². The van der Waals surface area contributed by atoms with E-state index in [1.807, 2.05) is 45.0 Å². The monoisotopic (exact) mass is 310 g/mol. The number of carbonyl (C=O) groups excluding carboxylic acids is 2. The summed E-state index contributed by atoms with van der Waals surface area (Å²) in [4.78, 5) is 24.3. The SMILES string of the molecule is Cc1cccc(CNC(=O)c2cccc(C(=O)NC(C)C)c2)c1. The minimum atomic E-state index is -0.189. The Morgan fingerprint density at radius 2 is 1.61 bits per heavy atom. The van der Waals surface area contributed by atoms with Gasteiger partial charge in [-0.1, -0.05) is 35.9 Å². The van der Waals surface area contributed by atoms with Crippen LogP contribution >= 0.6 is 0 Å². The number of hydrogen-bond donors (Lipinski definition) is 2. The molecule has 0 radical (unpaired) electrons. The van der Waals surface area contributed by atoms with Crippen LogP contribution in [0.1, 0.15) is 45.7 Å². The second-order valence-electron chi connectivity index (χ2n) is 5.88. The molecule has 0 saturated carbocycles. The van der Waals surface area contributed by atoms with Crippen LogP contribution in [0.25, 0.3) is 0 Å². The highest BCUT2D eigenvalue weighted by atomic mass is 16.2. The Labute approximate surface area is 136 Å². The summed E-state index contributed by atoms with van der Waals surface area (Å²) in [5, 5.41) is 5.70. The molecule has 4 nitrogen and oxygen atoms in total. The number of hydrogen-bond acceptors (Lipinski definition) is 2. The molecule has 2 rings (SSSR count). The van der Waals surface area contributed by atoms with Gasteiger partial charge in [0.1, 0.15) is 0 Å². The predicted octanol–water partition coefficient (Wildman–Crippen LogP) is 3.06. The van der Waals surface area contributed by atoms with E-state index in [9.17, 15) is 9.59 Å². The fourth-order valence-corrected chi connectivity index (χ4v) is 2.25. The van der Waals surface area contributed by atoms with E-state index < -0.39 is 0 Å². The lowest BCUT2D eigenvalue weighted by Gasteiger charge is -2.10. The molecule has 4 heteroatoms. The van der Waals surface area contributed by atoms with Gasteiger partial charge in [0.2, 0.25) is 0 Å². The fourth-order valence-electron chi connectivity index (χ4n) is 2.25. The van der Waals surface area contributed by atoms with E-state index >= 15 is 0 Å². The maximum atomic E-state index is 12.3. The van der Waals surface area contributed by atoms with Crippen molar-refractivity contribution in [1.82, 2.24) is 10.6 Å². The Morgan fingerprint density at radius 3 is 2.26 bits per heavy atom. The summed E-state index contributed by atoms with van der Waals surface area (Å²) < 4.78 is 0. The summed E-state index contributed by atoms with van der Waals surface area (Å²) in [6.45, 7) is 6.28. The number of nitrogens with one attached hydrogen (secondary N) is 2. The van der Waals surface area contributed by atoms with Crippen molar-refractivity contribution >= 4 is 11.8 Å². The molecule has 2 N–H and O–H groups in total. The van der Waals surface area contributed by atoms with Crippen molar-refractivity contribution in [3.8, 4) is 0 Å². The van der Waals surface area contributed by atoms with Crippen LogP contribution in [-0.2, 0) is 6.54 Å². The molecule has 0 saturated heterocycles. The molecular weight excluding hydrogens is 288 g/mol. The topological polar surface area (TPSA) is 58.2 Å². The van der Waals surface area contributed by atoms with Crippen LogP contribution in [0.2, 0.25) is 0 Å². The van der Waals surface area contributed by atoms with E-state index in [-0.39, 0.29) is 17.9 Å². The van der Waals surface area contributed by atoms with Crippen LogP contribution in [-0.4, -0.2) is 17.9 Å². The Hall–Kier alpha value is -2.62. The molecule has 0 bridgehead atoms. The average Bonchev–Trinajstić information content (AvgIpc) is 2.52. The Kier molecular flexibility index (Phi) is 5.52. The summed E-state index contributed by atoms with van der Waals surface area (Å²) in [6.07, 6.45) is 0. The third-order valence-corrected chi connectivity index (χ3v) is 3.34. The molecule has 0 fully saturated rings. The number of aryl methyl sites for hydroxylation is 1. The van der Waals surface area contributed by atoms with Crippen molar-refractivity contribution in [3.05, 3.63) is 70.8 Å². The van der Waals surface area contributed by atoms with Crippen LogP contribution in [0.15, 0.2) is 48.5 Å². The number of benzene rings is 2. The van der Waals surface area contributed by atoms with E-state index in [1.165, 1.54) is 0 Å². The largest absolute Gasteiger partial charge is 0.350 e. The Morgan fingerprint density at radius 1 is 0.957 bits per heavy atom. The van der Waals surface area contributed by atoms with Crippen molar-refractivity contribution in [2.24, 2.45) is 0 Å². The van der Waals surface area contributed by atoms with E-state index in [0.717, 1.165) is 11.1 Å². The molecule has 0 heterocycles. The van der Waals surface area contributed by atoms with Gasteiger partial charge in [0, 0.05) is 23.7 Å². The van der Waals surface area contributed by atoms with E-state index in [4.69, 9.17) is 0 Å². The van der Waals surface area contributed by atoms with Gasteiger partial charge in [-0.05, 0) is 44.5 Å². The third kappa shape index (κ3) is 4.95. The molecule has 0 atom stereocenters. The second-order valence-corrected chi connectivity index (χ2v) is 5.88. The van der Waals surface area contributed by atoms with Gasteiger partial charge in [0.15, 0.2) is 0 Å². The van der Waals surface area contributed by atoms with Gasteiger partial charge in [0.05, 0.1) is 0 Å². The van der Waals surface area contributed by atoms with Gasteiger partial charge in [0.25, 0.3) is 11.8 Å². The number of amides is 2. The van der Waals surface area contributed by atoms with Crippen LogP contribution in [0, 0.1) is 6.92 Å². The predicted molar refractivity (Wildman–Crippen MR) is 91.4 cm³/mol. The number of rotatable bonds is 5. The molecule has 0 spiro atoms. The van der Waals surface area contributed by atoms with Gasteiger partial charge in [-0.3, -0.25) is 9.59 Å². The molecule has 2 amide bonds. The zero-order valence-electron chi connectivity index (χ0n) is 13.7. The summed E-state index contributed by atoms with van der Waals surface area (Å²) in [6, 6.07) is 14.8. The lowest BCUT2D eigenvalue weighted by molar-refractivity contribution is 0.0943. The van der Waals surface area contributed by atoms with E-state index in [0.29, 0.717) is 17.7 Å². The quantitative estimate of drug-likeness (QED) is 0.891. The fraction of sp³-hybridized carbons (Fsp3) is 0.263. The highest BCUT2D eigenvalue weighted by Gasteiger charge is 2.11. The summed E-state index contributed by atoms with van der Waals surface area (Å²) >= 11 is 0. The second kappa shape index (κ2) is 7.58. The zero-order valence-corrected chi connectivity index (χ0v) is 13.7. The van der Waals surface area contributed by atoms with Crippen molar-refractivity contribution < 1.29 is 9.59 Å². The first-order valence-corrected chi connectivity index (χ1v) is 7.70. The normalized spacial score (nSPS) is 10.4. The molecular formula is C19H22N2O2.